The van der Waals surface area contributed by atoms with E-state index in [9.17, 15) is 0 Å². The third-order valence-corrected chi connectivity index (χ3v) is 4.16. The second-order valence-electron chi connectivity index (χ2n) is 7.29. The molecule has 23 heavy (non-hydrogen) atoms. The van der Waals surface area contributed by atoms with E-state index in [4.69, 9.17) is 0 Å². The third-order valence-electron chi connectivity index (χ3n) is 4.16. The third kappa shape index (κ3) is 6.30. The average Bonchev–Trinajstić information content (AvgIpc) is 2.81. The number of halogens is 1. The molecule has 1 fully saturated rings. The van der Waals surface area contributed by atoms with Gasteiger partial charge in [-0.25, -0.2) is 0 Å². The Kier molecular flexibility index (Phi) is 7.80. The highest BCUT2D eigenvalue weighted by molar-refractivity contribution is 14.0. The van der Waals surface area contributed by atoms with Crippen LogP contribution in [0.5, 0.6) is 0 Å². The van der Waals surface area contributed by atoms with Crippen LogP contribution in [0.2, 0.25) is 0 Å². The zero-order chi connectivity index (χ0) is 16.2. The fourth-order valence-electron chi connectivity index (χ4n) is 2.93. The van der Waals surface area contributed by atoms with Gasteiger partial charge in [0.1, 0.15) is 0 Å². The van der Waals surface area contributed by atoms with Crippen LogP contribution in [0.15, 0.2) is 29.3 Å². The second-order valence-corrected chi connectivity index (χ2v) is 7.29. The molecule has 1 aliphatic heterocycles. The maximum Gasteiger partial charge on any atom is 0.193 e. The molecule has 0 aromatic heterocycles. The first kappa shape index (κ1) is 20.2. The summed E-state index contributed by atoms with van der Waals surface area (Å²) in [5, 5.41) is 3.49. The Morgan fingerprint density at radius 3 is 2.30 bits per heavy atom. The van der Waals surface area contributed by atoms with E-state index in [-0.39, 0.29) is 24.0 Å². The predicted octanol–water partition coefficient (Wildman–Crippen LogP) is 3.17. The molecule has 0 radical (unpaired) electrons. The van der Waals surface area contributed by atoms with Gasteiger partial charge in [0.15, 0.2) is 5.96 Å². The van der Waals surface area contributed by atoms with E-state index in [1.165, 1.54) is 17.5 Å². The number of nitrogens with one attached hydrogen (secondary N) is 1. The van der Waals surface area contributed by atoms with Crippen molar-refractivity contribution in [2.75, 3.05) is 34.2 Å². The van der Waals surface area contributed by atoms with E-state index in [0.717, 1.165) is 32.1 Å². The van der Waals surface area contributed by atoms with Crippen LogP contribution in [0.4, 0.5) is 0 Å². The summed E-state index contributed by atoms with van der Waals surface area (Å²) in [6.45, 7) is 8.63. The van der Waals surface area contributed by atoms with Crippen LogP contribution in [-0.2, 0) is 13.1 Å². The van der Waals surface area contributed by atoms with Crippen LogP contribution in [-0.4, -0.2) is 50.0 Å². The summed E-state index contributed by atoms with van der Waals surface area (Å²) in [4.78, 5) is 8.98. The van der Waals surface area contributed by atoms with Gasteiger partial charge in [-0.1, -0.05) is 38.1 Å². The lowest BCUT2D eigenvalue weighted by Crippen LogP contribution is -2.40. The molecule has 0 saturated carbocycles. The molecule has 1 saturated heterocycles. The number of hydrogen-bond acceptors (Lipinski definition) is 2. The number of aliphatic imine (C=N–C) groups is 1. The van der Waals surface area contributed by atoms with Crippen LogP contribution in [0, 0.1) is 5.41 Å². The summed E-state index contributed by atoms with van der Waals surface area (Å²) in [6.07, 6.45) is 1.23. The molecular formula is C18H31IN4. The van der Waals surface area contributed by atoms with Crippen LogP contribution in [0.3, 0.4) is 0 Å². The summed E-state index contributed by atoms with van der Waals surface area (Å²) in [7, 11) is 6.06. The number of likely N-dealkylation sites (tertiary alicyclic amines) is 1. The van der Waals surface area contributed by atoms with Crippen LogP contribution >= 0.6 is 24.0 Å². The Bertz CT molecular complexity index is 508. The normalized spacial score (nSPS) is 17.3. The molecule has 0 amide bonds. The standard InChI is InChI=1S/C18H30N4.HI/c1-18(2)10-11-22(14-18)17(19-3)20-12-15-6-8-16(9-7-15)13-21(4)5;/h6-9H,10-14H2,1-5H3,(H,19,20);1H. The molecule has 1 N–H and O–H groups in total. The summed E-state index contributed by atoms with van der Waals surface area (Å²) >= 11 is 0. The molecular weight excluding hydrogens is 399 g/mol. The van der Waals surface area contributed by atoms with Crippen molar-refractivity contribution in [2.24, 2.45) is 10.4 Å². The van der Waals surface area contributed by atoms with Gasteiger partial charge >= 0.3 is 0 Å². The molecule has 0 bridgehead atoms. The monoisotopic (exact) mass is 430 g/mol. The maximum atomic E-state index is 4.43. The van der Waals surface area contributed by atoms with Crippen molar-refractivity contribution < 1.29 is 0 Å². The summed E-state index contributed by atoms with van der Waals surface area (Å²) in [5.41, 5.74) is 3.03. The second kappa shape index (κ2) is 8.87. The highest BCUT2D eigenvalue weighted by atomic mass is 127. The SMILES string of the molecule is CN=C(NCc1ccc(CN(C)C)cc1)N1CCC(C)(C)C1.I. The molecule has 0 spiro atoms. The topological polar surface area (TPSA) is 30.9 Å². The Balaban J connectivity index is 0.00000264. The van der Waals surface area contributed by atoms with Gasteiger partial charge in [0.25, 0.3) is 0 Å². The van der Waals surface area contributed by atoms with Crippen molar-refractivity contribution in [3.63, 3.8) is 0 Å². The van der Waals surface area contributed by atoms with Gasteiger partial charge in [-0.2, -0.15) is 0 Å². The lowest BCUT2D eigenvalue weighted by Gasteiger charge is -2.23. The van der Waals surface area contributed by atoms with Crippen molar-refractivity contribution in [3.05, 3.63) is 35.4 Å². The first-order chi connectivity index (χ1) is 10.4. The van der Waals surface area contributed by atoms with Gasteiger partial charge in [-0.05, 0) is 37.1 Å². The van der Waals surface area contributed by atoms with E-state index < -0.39 is 0 Å². The molecule has 1 heterocycles. The number of guanidine groups is 1. The van der Waals surface area contributed by atoms with Crippen molar-refractivity contribution in [1.29, 1.82) is 0 Å². The van der Waals surface area contributed by atoms with Crippen molar-refractivity contribution in [2.45, 2.75) is 33.4 Å². The molecule has 1 aromatic carbocycles. The Labute approximate surface area is 158 Å². The molecule has 1 aromatic rings. The molecule has 2 rings (SSSR count). The van der Waals surface area contributed by atoms with Gasteiger partial charge < -0.3 is 15.1 Å². The largest absolute Gasteiger partial charge is 0.352 e. The van der Waals surface area contributed by atoms with E-state index in [1.54, 1.807) is 0 Å². The Hall–Kier alpha value is -0.820. The minimum atomic E-state index is 0. The van der Waals surface area contributed by atoms with E-state index >= 15 is 0 Å². The molecule has 0 unspecified atom stereocenters. The fraction of sp³-hybridized carbons (Fsp3) is 0.611. The molecule has 5 heteroatoms. The highest BCUT2D eigenvalue weighted by Gasteiger charge is 2.30. The number of nitrogens with zero attached hydrogens (tertiary/aromatic N) is 3. The molecule has 4 nitrogen and oxygen atoms in total. The lowest BCUT2D eigenvalue weighted by molar-refractivity contribution is 0.370. The van der Waals surface area contributed by atoms with E-state index in [1.807, 2.05) is 7.05 Å². The van der Waals surface area contributed by atoms with Crippen molar-refractivity contribution >= 4 is 29.9 Å². The smallest absolute Gasteiger partial charge is 0.193 e. The zero-order valence-corrected chi connectivity index (χ0v) is 17.4. The zero-order valence-electron chi connectivity index (χ0n) is 15.1. The Morgan fingerprint density at radius 1 is 1.22 bits per heavy atom. The number of hydrogen-bond donors (Lipinski definition) is 1. The maximum absolute atomic E-state index is 4.43. The first-order valence-electron chi connectivity index (χ1n) is 8.08. The average molecular weight is 430 g/mol. The Morgan fingerprint density at radius 2 is 1.83 bits per heavy atom. The molecule has 130 valence electrons. The summed E-state index contributed by atoms with van der Waals surface area (Å²) in [5.74, 6) is 1.02. The van der Waals surface area contributed by atoms with Crippen molar-refractivity contribution in [3.8, 4) is 0 Å². The van der Waals surface area contributed by atoms with Crippen LogP contribution in [0.25, 0.3) is 0 Å². The quantitative estimate of drug-likeness (QED) is 0.452. The predicted molar refractivity (Wildman–Crippen MR) is 109 cm³/mol. The minimum Gasteiger partial charge on any atom is -0.352 e. The minimum absolute atomic E-state index is 0. The van der Waals surface area contributed by atoms with Gasteiger partial charge in [-0.15, -0.1) is 24.0 Å². The number of rotatable bonds is 4. The molecule has 1 aliphatic rings. The van der Waals surface area contributed by atoms with E-state index in [2.05, 4.69) is 72.3 Å². The summed E-state index contributed by atoms with van der Waals surface area (Å²) < 4.78 is 0. The molecule has 0 atom stereocenters. The van der Waals surface area contributed by atoms with Crippen molar-refractivity contribution in [1.82, 2.24) is 15.1 Å². The van der Waals surface area contributed by atoms with Crippen LogP contribution in [0.1, 0.15) is 31.4 Å². The lowest BCUT2D eigenvalue weighted by atomic mass is 9.93. The van der Waals surface area contributed by atoms with Gasteiger partial charge in [0, 0.05) is 33.2 Å². The van der Waals surface area contributed by atoms with Gasteiger partial charge in [0.05, 0.1) is 0 Å². The summed E-state index contributed by atoms with van der Waals surface area (Å²) in [6, 6.07) is 8.82. The highest BCUT2D eigenvalue weighted by Crippen LogP contribution is 2.28. The van der Waals surface area contributed by atoms with Gasteiger partial charge in [0.2, 0.25) is 0 Å². The number of benzene rings is 1. The van der Waals surface area contributed by atoms with E-state index in [0.29, 0.717) is 5.41 Å². The first-order valence-corrected chi connectivity index (χ1v) is 8.08. The molecule has 0 aliphatic carbocycles. The fourth-order valence-corrected chi connectivity index (χ4v) is 2.93. The van der Waals surface area contributed by atoms with Gasteiger partial charge in [-0.3, -0.25) is 4.99 Å². The van der Waals surface area contributed by atoms with Crippen LogP contribution < -0.4 is 5.32 Å².